The third-order valence-corrected chi connectivity index (χ3v) is 7.29. The van der Waals surface area contributed by atoms with Gasteiger partial charge in [0.05, 0.1) is 5.75 Å². The van der Waals surface area contributed by atoms with Crippen molar-refractivity contribution >= 4 is 23.6 Å². The van der Waals surface area contributed by atoms with Gasteiger partial charge in [0.15, 0.2) is 0 Å². The minimum Gasteiger partial charge on any atom is -0.352 e. The maximum Gasteiger partial charge on any atom is 0.243 e. The van der Waals surface area contributed by atoms with Gasteiger partial charge in [-0.15, -0.1) is 11.8 Å². The SMILES string of the molecule is CC[C@@H](C(=O)NC1CCCC1)N(Cc1cccc(C)c1)C(=O)CSCc1cc(C)cc(C)c1. The first kappa shape index (κ1) is 25.4. The van der Waals surface area contributed by atoms with Crippen molar-refractivity contribution in [3.63, 3.8) is 0 Å². The minimum atomic E-state index is -0.444. The molecule has 0 aromatic heterocycles. The van der Waals surface area contributed by atoms with Gasteiger partial charge in [-0.3, -0.25) is 9.59 Å². The zero-order valence-corrected chi connectivity index (χ0v) is 21.3. The molecule has 0 saturated heterocycles. The Morgan fingerprint density at radius 1 is 1.00 bits per heavy atom. The van der Waals surface area contributed by atoms with Gasteiger partial charge in [-0.05, 0) is 51.2 Å². The number of amides is 2. The summed E-state index contributed by atoms with van der Waals surface area (Å²) in [7, 11) is 0. The number of hydrogen-bond donors (Lipinski definition) is 1. The molecule has 1 atom stereocenters. The molecule has 1 aliphatic rings. The highest BCUT2D eigenvalue weighted by Crippen LogP contribution is 2.21. The van der Waals surface area contributed by atoms with Crippen LogP contribution in [0.4, 0.5) is 0 Å². The van der Waals surface area contributed by atoms with E-state index in [4.69, 9.17) is 0 Å². The van der Waals surface area contributed by atoms with Gasteiger partial charge in [-0.1, -0.05) is 78.9 Å². The number of carbonyl (C=O) groups excluding carboxylic acids is 2. The largest absolute Gasteiger partial charge is 0.352 e. The van der Waals surface area contributed by atoms with Crippen LogP contribution in [0.2, 0.25) is 0 Å². The maximum absolute atomic E-state index is 13.4. The van der Waals surface area contributed by atoms with Gasteiger partial charge < -0.3 is 10.2 Å². The van der Waals surface area contributed by atoms with Gasteiger partial charge >= 0.3 is 0 Å². The highest BCUT2D eigenvalue weighted by Gasteiger charge is 2.30. The number of thioether (sulfide) groups is 1. The average molecular weight is 467 g/mol. The first-order valence-corrected chi connectivity index (χ1v) is 13.3. The Hall–Kier alpha value is -2.27. The summed E-state index contributed by atoms with van der Waals surface area (Å²) in [5.41, 5.74) is 5.95. The van der Waals surface area contributed by atoms with E-state index in [0.29, 0.717) is 18.7 Å². The Kier molecular flexibility index (Phi) is 9.42. The molecule has 1 saturated carbocycles. The molecule has 1 aliphatic carbocycles. The molecule has 2 amide bonds. The Balaban J connectivity index is 1.71. The van der Waals surface area contributed by atoms with Crippen molar-refractivity contribution in [2.24, 2.45) is 0 Å². The fraction of sp³-hybridized carbons (Fsp3) is 0.500. The first-order valence-electron chi connectivity index (χ1n) is 12.2. The fourth-order valence-corrected chi connectivity index (χ4v) is 5.63. The first-order chi connectivity index (χ1) is 15.9. The van der Waals surface area contributed by atoms with Crippen LogP contribution in [-0.4, -0.2) is 34.6 Å². The zero-order valence-electron chi connectivity index (χ0n) is 20.5. The van der Waals surface area contributed by atoms with Crippen LogP contribution in [0.25, 0.3) is 0 Å². The molecule has 4 nitrogen and oxygen atoms in total. The van der Waals surface area contributed by atoms with Gasteiger partial charge in [0.2, 0.25) is 11.8 Å². The van der Waals surface area contributed by atoms with Crippen LogP contribution in [0.5, 0.6) is 0 Å². The Labute approximate surface area is 203 Å². The molecule has 1 N–H and O–H groups in total. The smallest absolute Gasteiger partial charge is 0.243 e. The van der Waals surface area contributed by atoms with Crippen LogP contribution >= 0.6 is 11.8 Å². The highest BCUT2D eigenvalue weighted by atomic mass is 32.2. The van der Waals surface area contributed by atoms with Gasteiger partial charge in [-0.25, -0.2) is 0 Å². The second-order valence-corrected chi connectivity index (χ2v) is 10.4. The summed E-state index contributed by atoms with van der Waals surface area (Å²) >= 11 is 1.62. The van der Waals surface area contributed by atoms with Crippen molar-refractivity contribution in [3.8, 4) is 0 Å². The van der Waals surface area contributed by atoms with Crippen molar-refractivity contribution in [3.05, 3.63) is 70.3 Å². The van der Waals surface area contributed by atoms with E-state index in [1.807, 2.05) is 19.1 Å². The Morgan fingerprint density at radius 2 is 1.67 bits per heavy atom. The molecule has 0 unspecified atom stereocenters. The van der Waals surface area contributed by atoms with Crippen molar-refractivity contribution in [2.75, 3.05) is 5.75 Å². The van der Waals surface area contributed by atoms with E-state index in [1.165, 1.54) is 29.5 Å². The van der Waals surface area contributed by atoms with E-state index in [9.17, 15) is 9.59 Å². The van der Waals surface area contributed by atoms with Crippen molar-refractivity contribution in [1.29, 1.82) is 0 Å². The van der Waals surface area contributed by atoms with Gasteiger partial charge in [0.25, 0.3) is 0 Å². The minimum absolute atomic E-state index is 0.00953. The van der Waals surface area contributed by atoms with E-state index in [2.05, 4.69) is 56.4 Å². The molecule has 3 rings (SSSR count). The number of carbonyl (C=O) groups is 2. The molecule has 0 heterocycles. The van der Waals surface area contributed by atoms with Crippen molar-refractivity contribution in [2.45, 2.75) is 84.2 Å². The third-order valence-electron chi connectivity index (χ3n) is 6.30. The second kappa shape index (κ2) is 12.3. The lowest BCUT2D eigenvalue weighted by Crippen LogP contribution is -2.51. The molecule has 2 aromatic rings. The van der Waals surface area contributed by atoms with Crippen molar-refractivity contribution in [1.82, 2.24) is 10.2 Å². The van der Waals surface area contributed by atoms with Crippen LogP contribution in [-0.2, 0) is 21.9 Å². The quantitative estimate of drug-likeness (QED) is 0.488. The number of benzene rings is 2. The van der Waals surface area contributed by atoms with Crippen LogP contribution in [0.3, 0.4) is 0 Å². The number of hydrogen-bond acceptors (Lipinski definition) is 3. The predicted molar refractivity (Wildman–Crippen MR) is 138 cm³/mol. The lowest BCUT2D eigenvalue weighted by molar-refractivity contribution is -0.139. The summed E-state index contributed by atoms with van der Waals surface area (Å²) < 4.78 is 0. The molecule has 33 heavy (non-hydrogen) atoms. The number of nitrogens with zero attached hydrogens (tertiary/aromatic N) is 1. The number of aryl methyl sites for hydroxylation is 3. The number of nitrogens with one attached hydrogen (secondary N) is 1. The number of rotatable bonds is 10. The summed E-state index contributed by atoms with van der Waals surface area (Å²) in [4.78, 5) is 28.4. The van der Waals surface area contributed by atoms with Crippen LogP contribution in [0.15, 0.2) is 42.5 Å². The molecular weight excluding hydrogens is 428 g/mol. The third kappa shape index (κ3) is 7.63. The zero-order chi connectivity index (χ0) is 23.8. The highest BCUT2D eigenvalue weighted by molar-refractivity contribution is 7.99. The molecule has 5 heteroatoms. The molecule has 0 radical (unpaired) electrons. The van der Waals surface area contributed by atoms with Gasteiger partial charge in [0, 0.05) is 18.3 Å². The monoisotopic (exact) mass is 466 g/mol. The standard InChI is InChI=1S/C28H38N2O2S/c1-5-26(28(32)29-25-11-6-7-12-25)30(17-23-10-8-9-20(2)14-23)27(31)19-33-18-24-15-21(3)13-22(4)16-24/h8-10,13-16,25-26H,5-7,11-12,17-19H2,1-4H3,(H,29,32)/t26-/m0/s1. The van der Waals surface area contributed by atoms with Crippen molar-refractivity contribution < 1.29 is 9.59 Å². The maximum atomic E-state index is 13.4. The lowest BCUT2D eigenvalue weighted by Gasteiger charge is -2.31. The van der Waals surface area contributed by atoms with E-state index >= 15 is 0 Å². The Morgan fingerprint density at radius 3 is 2.30 bits per heavy atom. The fourth-order valence-electron chi connectivity index (χ4n) is 4.79. The summed E-state index contributed by atoms with van der Waals surface area (Å²) in [5.74, 6) is 1.17. The molecule has 0 bridgehead atoms. The van der Waals surface area contributed by atoms with E-state index < -0.39 is 6.04 Å². The Bertz CT molecular complexity index is 932. The molecular formula is C28H38N2O2S. The topological polar surface area (TPSA) is 49.4 Å². The summed E-state index contributed by atoms with van der Waals surface area (Å²) in [6, 6.07) is 14.5. The average Bonchev–Trinajstić information content (AvgIpc) is 3.26. The molecule has 0 aliphatic heterocycles. The van der Waals surface area contributed by atoms with Gasteiger partial charge in [0.1, 0.15) is 6.04 Å². The van der Waals surface area contributed by atoms with Crippen LogP contribution in [0, 0.1) is 20.8 Å². The van der Waals surface area contributed by atoms with E-state index in [1.54, 1.807) is 16.7 Å². The molecule has 2 aromatic carbocycles. The summed E-state index contributed by atoms with van der Waals surface area (Å²) in [6.45, 7) is 8.72. The predicted octanol–water partition coefficient (Wildman–Crippen LogP) is 5.71. The van der Waals surface area contributed by atoms with Gasteiger partial charge in [-0.2, -0.15) is 0 Å². The van der Waals surface area contributed by atoms with E-state index in [0.717, 1.165) is 29.7 Å². The molecule has 0 spiro atoms. The summed E-state index contributed by atoms with van der Waals surface area (Å²) in [5, 5.41) is 3.22. The second-order valence-electron chi connectivity index (χ2n) is 9.41. The molecule has 1 fully saturated rings. The van der Waals surface area contributed by atoms with Crippen LogP contribution in [0.1, 0.15) is 66.8 Å². The molecule has 178 valence electrons. The summed E-state index contributed by atoms with van der Waals surface area (Å²) in [6.07, 6.45) is 5.03. The lowest BCUT2D eigenvalue weighted by atomic mass is 10.1. The van der Waals surface area contributed by atoms with E-state index in [-0.39, 0.29) is 17.9 Å². The normalized spacial score (nSPS) is 14.8. The van der Waals surface area contributed by atoms with Crippen LogP contribution < -0.4 is 5.32 Å².